The number of H-pyrrole nitrogens is 1. The third-order valence-electron chi connectivity index (χ3n) is 2.36. The number of hydrogen-bond donors (Lipinski definition) is 2. The highest BCUT2D eigenvalue weighted by atomic mass is 32.1. The number of nitrogens with one attached hydrogen (secondary N) is 1. The molecule has 5 heteroatoms. The number of hydrogen-bond acceptors (Lipinski definition) is 4. The number of nitrogens with zero attached hydrogens (tertiary/aromatic N) is 1. The fourth-order valence-electron chi connectivity index (χ4n) is 1.55. The molecule has 0 radical (unpaired) electrons. The minimum absolute atomic E-state index is 0.212. The lowest BCUT2D eigenvalue weighted by Gasteiger charge is -2.01. The van der Waals surface area contributed by atoms with E-state index in [1.54, 1.807) is 0 Å². The van der Waals surface area contributed by atoms with Crippen molar-refractivity contribution >= 4 is 29.6 Å². The molecule has 1 heterocycles. The molecule has 0 saturated carbocycles. The van der Waals surface area contributed by atoms with Crippen LogP contribution >= 0.6 is 12.6 Å². The molecule has 0 aliphatic carbocycles. The van der Waals surface area contributed by atoms with Crippen LogP contribution in [0.5, 0.6) is 0 Å². The van der Waals surface area contributed by atoms with Crippen molar-refractivity contribution in [2.75, 3.05) is 12.4 Å². The Morgan fingerprint density at radius 2 is 2.24 bits per heavy atom. The zero-order valence-corrected chi connectivity index (χ0v) is 10.2. The number of fused-ring (bicyclic) bond motifs is 1. The standard InChI is InChI=1S/C12H14N2O2S/c15-12(6-8-17)16-7-5-11-13-9-3-1-2-4-10(9)14-11/h1-4,17H,5-8H2,(H,13,14). The molecule has 90 valence electrons. The maximum absolute atomic E-state index is 11.1. The summed E-state index contributed by atoms with van der Waals surface area (Å²) in [5, 5.41) is 0. The molecule has 0 spiro atoms. The van der Waals surface area contributed by atoms with Gasteiger partial charge in [-0.25, -0.2) is 4.98 Å². The zero-order valence-electron chi connectivity index (χ0n) is 9.35. The third-order valence-corrected chi connectivity index (χ3v) is 2.58. The van der Waals surface area contributed by atoms with Crippen LogP contribution in [0.15, 0.2) is 24.3 Å². The summed E-state index contributed by atoms with van der Waals surface area (Å²) in [7, 11) is 0. The van der Waals surface area contributed by atoms with Gasteiger partial charge in [0.2, 0.25) is 0 Å². The smallest absolute Gasteiger partial charge is 0.306 e. The van der Waals surface area contributed by atoms with E-state index in [0.29, 0.717) is 25.2 Å². The summed E-state index contributed by atoms with van der Waals surface area (Å²) in [6.07, 6.45) is 0.955. The van der Waals surface area contributed by atoms with Crippen molar-refractivity contribution in [3.8, 4) is 0 Å². The first-order chi connectivity index (χ1) is 8.29. The van der Waals surface area contributed by atoms with E-state index in [1.807, 2.05) is 24.3 Å². The molecule has 1 N–H and O–H groups in total. The van der Waals surface area contributed by atoms with Crippen LogP contribution in [-0.2, 0) is 16.0 Å². The summed E-state index contributed by atoms with van der Waals surface area (Å²) in [4.78, 5) is 18.7. The highest BCUT2D eigenvalue weighted by Crippen LogP contribution is 2.10. The van der Waals surface area contributed by atoms with E-state index >= 15 is 0 Å². The number of ether oxygens (including phenoxy) is 1. The number of esters is 1. The molecule has 0 unspecified atom stereocenters. The monoisotopic (exact) mass is 250 g/mol. The normalized spacial score (nSPS) is 10.6. The number of carbonyl (C=O) groups excluding carboxylic acids is 1. The Morgan fingerprint density at radius 1 is 1.41 bits per heavy atom. The lowest BCUT2D eigenvalue weighted by molar-refractivity contribution is -0.143. The van der Waals surface area contributed by atoms with Crippen molar-refractivity contribution in [1.82, 2.24) is 9.97 Å². The summed E-state index contributed by atoms with van der Waals surface area (Å²) < 4.78 is 5.03. The van der Waals surface area contributed by atoms with E-state index in [0.717, 1.165) is 16.9 Å². The van der Waals surface area contributed by atoms with Crippen molar-refractivity contribution in [1.29, 1.82) is 0 Å². The molecule has 0 aliphatic rings. The minimum Gasteiger partial charge on any atom is -0.465 e. The first-order valence-corrected chi connectivity index (χ1v) is 6.13. The molecule has 0 fully saturated rings. The van der Waals surface area contributed by atoms with Crippen molar-refractivity contribution in [3.63, 3.8) is 0 Å². The van der Waals surface area contributed by atoms with Crippen LogP contribution in [0.2, 0.25) is 0 Å². The predicted octanol–water partition coefficient (Wildman–Crippen LogP) is 1.97. The number of carbonyl (C=O) groups is 1. The van der Waals surface area contributed by atoms with E-state index in [4.69, 9.17) is 4.74 Å². The Hall–Kier alpha value is -1.49. The molecule has 0 bridgehead atoms. The molecule has 0 aliphatic heterocycles. The minimum atomic E-state index is -0.212. The van der Waals surface area contributed by atoms with Crippen molar-refractivity contribution < 1.29 is 9.53 Å². The average molecular weight is 250 g/mol. The van der Waals surface area contributed by atoms with Gasteiger partial charge in [-0.05, 0) is 12.1 Å². The molecule has 17 heavy (non-hydrogen) atoms. The second-order valence-electron chi connectivity index (χ2n) is 3.64. The molecule has 0 atom stereocenters. The van der Waals surface area contributed by atoms with Crippen LogP contribution in [0.4, 0.5) is 0 Å². The van der Waals surface area contributed by atoms with Gasteiger partial charge in [0, 0.05) is 12.2 Å². The number of aromatic nitrogens is 2. The van der Waals surface area contributed by atoms with Gasteiger partial charge in [-0.3, -0.25) is 4.79 Å². The molecule has 0 amide bonds. The van der Waals surface area contributed by atoms with E-state index < -0.39 is 0 Å². The maximum atomic E-state index is 11.1. The largest absolute Gasteiger partial charge is 0.465 e. The number of benzene rings is 1. The highest BCUT2D eigenvalue weighted by Gasteiger charge is 2.04. The second-order valence-corrected chi connectivity index (χ2v) is 4.09. The van der Waals surface area contributed by atoms with Gasteiger partial charge in [0.05, 0.1) is 24.1 Å². The van der Waals surface area contributed by atoms with Crippen LogP contribution in [0, 0.1) is 0 Å². The number of aromatic amines is 1. The predicted molar refractivity (Wildman–Crippen MR) is 69.2 cm³/mol. The van der Waals surface area contributed by atoms with Gasteiger partial charge in [0.25, 0.3) is 0 Å². The van der Waals surface area contributed by atoms with Crippen LogP contribution in [0.3, 0.4) is 0 Å². The van der Waals surface area contributed by atoms with Crippen LogP contribution in [0.25, 0.3) is 11.0 Å². The quantitative estimate of drug-likeness (QED) is 0.630. The Morgan fingerprint density at radius 3 is 3.00 bits per heavy atom. The number of thiol groups is 1. The summed E-state index contributed by atoms with van der Waals surface area (Å²) in [5.41, 5.74) is 1.94. The maximum Gasteiger partial charge on any atom is 0.306 e. The fraction of sp³-hybridized carbons (Fsp3) is 0.333. The molecule has 0 saturated heterocycles. The summed E-state index contributed by atoms with van der Waals surface area (Å²) >= 11 is 3.97. The van der Waals surface area contributed by atoms with E-state index in [9.17, 15) is 4.79 Å². The van der Waals surface area contributed by atoms with Gasteiger partial charge in [-0.2, -0.15) is 12.6 Å². The Kier molecular flexibility index (Phi) is 4.03. The summed E-state index contributed by atoms with van der Waals surface area (Å²) in [6, 6.07) is 7.82. The van der Waals surface area contributed by atoms with Gasteiger partial charge < -0.3 is 9.72 Å². The molecule has 4 nitrogen and oxygen atoms in total. The van der Waals surface area contributed by atoms with Crippen LogP contribution in [0.1, 0.15) is 12.2 Å². The number of para-hydroxylation sites is 2. The van der Waals surface area contributed by atoms with Gasteiger partial charge in [0.1, 0.15) is 5.82 Å². The Labute approximate surface area is 105 Å². The molecule has 1 aromatic carbocycles. The highest BCUT2D eigenvalue weighted by molar-refractivity contribution is 7.80. The molecule has 2 aromatic rings. The van der Waals surface area contributed by atoms with E-state index in [-0.39, 0.29) is 5.97 Å². The van der Waals surface area contributed by atoms with Crippen molar-refractivity contribution in [3.05, 3.63) is 30.1 Å². The van der Waals surface area contributed by atoms with Gasteiger partial charge in [-0.1, -0.05) is 12.1 Å². The number of rotatable bonds is 5. The van der Waals surface area contributed by atoms with Crippen molar-refractivity contribution in [2.45, 2.75) is 12.8 Å². The van der Waals surface area contributed by atoms with E-state index in [2.05, 4.69) is 22.6 Å². The van der Waals surface area contributed by atoms with Crippen LogP contribution in [-0.4, -0.2) is 28.3 Å². The van der Waals surface area contributed by atoms with Gasteiger partial charge in [0.15, 0.2) is 0 Å². The summed E-state index contributed by atoms with van der Waals surface area (Å²) in [5.74, 6) is 1.14. The molecular formula is C12H14N2O2S. The first kappa shape index (κ1) is 12.0. The van der Waals surface area contributed by atoms with Gasteiger partial charge in [-0.15, -0.1) is 0 Å². The third kappa shape index (κ3) is 3.23. The Bertz CT molecular complexity index is 477. The lowest BCUT2D eigenvalue weighted by atomic mass is 10.3. The van der Waals surface area contributed by atoms with Crippen LogP contribution < -0.4 is 0 Å². The Balaban J connectivity index is 1.89. The summed E-state index contributed by atoms with van der Waals surface area (Å²) in [6.45, 7) is 0.354. The second kappa shape index (κ2) is 5.72. The van der Waals surface area contributed by atoms with E-state index in [1.165, 1.54) is 0 Å². The van der Waals surface area contributed by atoms with Crippen molar-refractivity contribution in [2.24, 2.45) is 0 Å². The topological polar surface area (TPSA) is 55.0 Å². The fourth-order valence-corrected chi connectivity index (χ4v) is 1.73. The molecule has 1 aromatic heterocycles. The number of imidazole rings is 1. The zero-order chi connectivity index (χ0) is 12.1. The first-order valence-electron chi connectivity index (χ1n) is 5.49. The SMILES string of the molecule is O=C(CCS)OCCc1nc2ccccc2[nH]1. The molecule has 2 rings (SSSR count). The molecular weight excluding hydrogens is 236 g/mol. The van der Waals surface area contributed by atoms with Gasteiger partial charge >= 0.3 is 5.97 Å². The average Bonchev–Trinajstić information content (AvgIpc) is 2.71. The lowest BCUT2D eigenvalue weighted by Crippen LogP contribution is -2.08.